The predicted molar refractivity (Wildman–Crippen MR) is 105 cm³/mol. The Balaban J connectivity index is 1.79. The minimum absolute atomic E-state index is 0.0179. The molecule has 0 bridgehead atoms. The maximum atomic E-state index is 11.1. The van der Waals surface area contributed by atoms with E-state index in [-0.39, 0.29) is 11.4 Å². The van der Waals surface area contributed by atoms with Crippen LogP contribution in [0, 0.1) is 27.2 Å². The topological polar surface area (TPSA) is 124 Å². The summed E-state index contributed by atoms with van der Waals surface area (Å²) in [4.78, 5) is 20.4. The first kappa shape index (κ1) is 19.1. The molecule has 10 heteroatoms. The Morgan fingerprint density at radius 2 is 1.86 bits per heavy atom. The minimum atomic E-state index is -0.724. The number of furan rings is 1. The lowest BCUT2D eigenvalue weighted by atomic mass is 10.1. The van der Waals surface area contributed by atoms with Gasteiger partial charge in [-0.2, -0.15) is 5.10 Å². The number of halogens is 1. The second-order valence-electron chi connectivity index (χ2n) is 5.75. The first-order valence-corrected chi connectivity index (χ1v) is 8.31. The number of nitro groups is 2. The molecule has 0 amide bonds. The summed E-state index contributed by atoms with van der Waals surface area (Å²) in [6, 6.07) is 12.1. The zero-order valence-electron chi connectivity index (χ0n) is 14.5. The molecule has 0 spiro atoms. The number of aryl methyl sites for hydroxylation is 1. The average Bonchev–Trinajstić information content (AvgIpc) is 3.12. The van der Waals surface area contributed by atoms with E-state index in [0.29, 0.717) is 16.5 Å². The van der Waals surface area contributed by atoms with Gasteiger partial charge < -0.3 is 4.42 Å². The Hall–Kier alpha value is -3.72. The van der Waals surface area contributed by atoms with Crippen molar-refractivity contribution < 1.29 is 14.3 Å². The number of nitro benzene ring substituents is 2. The molecule has 0 fully saturated rings. The number of nitrogens with one attached hydrogen (secondary N) is 1. The first-order valence-electron chi connectivity index (χ1n) is 7.93. The molecule has 2 aromatic carbocycles. The highest BCUT2D eigenvalue weighted by Gasteiger charge is 2.19. The Bertz CT molecular complexity index is 1090. The van der Waals surface area contributed by atoms with Crippen molar-refractivity contribution in [2.45, 2.75) is 6.92 Å². The van der Waals surface area contributed by atoms with Gasteiger partial charge in [-0.15, -0.1) is 0 Å². The van der Waals surface area contributed by atoms with Gasteiger partial charge in [-0.05, 0) is 42.8 Å². The lowest BCUT2D eigenvalue weighted by Crippen LogP contribution is -1.98. The molecule has 1 aromatic heterocycles. The fourth-order valence-electron chi connectivity index (χ4n) is 2.47. The van der Waals surface area contributed by atoms with Gasteiger partial charge in [0.15, 0.2) is 0 Å². The average molecular weight is 401 g/mol. The summed E-state index contributed by atoms with van der Waals surface area (Å²) in [5, 5.41) is 26.4. The van der Waals surface area contributed by atoms with Crippen LogP contribution in [0.1, 0.15) is 11.3 Å². The lowest BCUT2D eigenvalue weighted by Gasteiger charge is -2.03. The third-order valence-electron chi connectivity index (χ3n) is 3.86. The normalized spacial score (nSPS) is 10.9. The van der Waals surface area contributed by atoms with E-state index >= 15 is 0 Å². The number of non-ortho nitro benzene ring substituents is 1. The first-order chi connectivity index (χ1) is 13.3. The molecule has 0 radical (unpaired) electrons. The van der Waals surface area contributed by atoms with E-state index in [1.807, 2.05) is 13.0 Å². The fraction of sp³-hybridized carbons (Fsp3) is 0.0556. The summed E-state index contributed by atoms with van der Waals surface area (Å²) in [6.07, 6.45) is 1.34. The van der Waals surface area contributed by atoms with Crippen molar-refractivity contribution in [2.75, 3.05) is 5.43 Å². The van der Waals surface area contributed by atoms with Crippen LogP contribution >= 0.6 is 11.6 Å². The Morgan fingerprint density at radius 1 is 1.07 bits per heavy atom. The van der Waals surface area contributed by atoms with Crippen molar-refractivity contribution >= 4 is 34.9 Å². The maximum Gasteiger partial charge on any atom is 0.301 e. The summed E-state index contributed by atoms with van der Waals surface area (Å²) in [5.74, 6) is 1.01. The van der Waals surface area contributed by atoms with Crippen LogP contribution in [0.2, 0.25) is 5.02 Å². The van der Waals surface area contributed by atoms with Gasteiger partial charge in [0, 0.05) is 16.7 Å². The predicted octanol–water partition coefficient (Wildman–Crippen LogP) is 5.17. The van der Waals surface area contributed by atoms with E-state index in [1.165, 1.54) is 12.3 Å². The molecule has 0 aliphatic heterocycles. The highest BCUT2D eigenvalue weighted by Crippen LogP contribution is 2.30. The third-order valence-corrected chi connectivity index (χ3v) is 4.09. The van der Waals surface area contributed by atoms with Crippen molar-refractivity contribution in [3.8, 4) is 11.3 Å². The van der Waals surface area contributed by atoms with E-state index in [9.17, 15) is 20.2 Å². The molecule has 0 aliphatic rings. The molecule has 0 saturated heterocycles. The number of hydrogen-bond acceptors (Lipinski definition) is 7. The molecule has 0 aliphatic carbocycles. The Labute approximate surface area is 163 Å². The standard InChI is InChI=1S/C18H13ClN4O5/c1-11-2-3-12(19)8-15(11)18-7-5-14(28-18)10-20-21-16-6-4-13(22(24)25)9-17(16)23(26)27/h2-10,21H,1H3/b20-10-. The van der Waals surface area contributed by atoms with Crippen LogP contribution in [0.5, 0.6) is 0 Å². The Morgan fingerprint density at radius 3 is 2.57 bits per heavy atom. The van der Waals surface area contributed by atoms with Crippen LogP contribution in [0.15, 0.2) is 58.0 Å². The number of nitrogens with zero attached hydrogens (tertiary/aromatic N) is 3. The molecular formula is C18H13ClN4O5. The molecule has 0 saturated carbocycles. The molecule has 0 unspecified atom stereocenters. The molecule has 28 heavy (non-hydrogen) atoms. The van der Waals surface area contributed by atoms with E-state index in [2.05, 4.69) is 10.5 Å². The quantitative estimate of drug-likeness (QED) is 0.345. The number of rotatable bonds is 6. The third kappa shape index (κ3) is 4.15. The fourth-order valence-corrected chi connectivity index (χ4v) is 2.64. The Kier molecular flexibility index (Phi) is 5.37. The summed E-state index contributed by atoms with van der Waals surface area (Å²) in [6.45, 7) is 1.93. The van der Waals surface area contributed by atoms with Crippen molar-refractivity contribution in [3.05, 3.63) is 85.1 Å². The summed E-state index contributed by atoms with van der Waals surface area (Å²) in [5.41, 5.74) is 3.51. The maximum absolute atomic E-state index is 11.1. The largest absolute Gasteiger partial charge is 0.455 e. The molecule has 0 atom stereocenters. The van der Waals surface area contributed by atoms with Gasteiger partial charge in [0.25, 0.3) is 5.69 Å². The molecule has 9 nitrogen and oxygen atoms in total. The van der Waals surface area contributed by atoms with Crippen molar-refractivity contribution in [2.24, 2.45) is 5.10 Å². The molecule has 1 N–H and O–H groups in total. The van der Waals surface area contributed by atoms with Gasteiger partial charge in [0.1, 0.15) is 17.2 Å². The minimum Gasteiger partial charge on any atom is -0.455 e. The van der Waals surface area contributed by atoms with E-state index < -0.39 is 15.5 Å². The SMILES string of the molecule is Cc1ccc(Cl)cc1-c1ccc(/C=N\Nc2ccc([N+](=O)[O-])cc2[N+](=O)[O-])o1. The van der Waals surface area contributed by atoms with Crippen LogP contribution in [0.25, 0.3) is 11.3 Å². The zero-order valence-corrected chi connectivity index (χ0v) is 15.2. The van der Waals surface area contributed by atoms with Gasteiger partial charge >= 0.3 is 5.69 Å². The van der Waals surface area contributed by atoms with Crippen LogP contribution in [-0.2, 0) is 0 Å². The molecule has 1 heterocycles. The van der Waals surface area contributed by atoms with Crippen molar-refractivity contribution in [1.29, 1.82) is 0 Å². The molecule has 3 rings (SSSR count). The summed E-state index contributed by atoms with van der Waals surface area (Å²) < 4.78 is 5.70. The number of anilines is 1. The van der Waals surface area contributed by atoms with E-state index in [4.69, 9.17) is 16.0 Å². The van der Waals surface area contributed by atoms with E-state index in [0.717, 1.165) is 23.3 Å². The van der Waals surface area contributed by atoms with Crippen LogP contribution < -0.4 is 5.43 Å². The van der Waals surface area contributed by atoms with Gasteiger partial charge in [-0.25, -0.2) is 0 Å². The van der Waals surface area contributed by atoms with Gasteiger partial charge in [0.2, 0.25) is 0 Å². The van der Waals surface area contributed by atoms with Crippen LogP contribution in [-0.4, -0.2) is 16.1 Å². The highest BCUT2D eigenvalue weighted by molar-refractivity contribution is 6.30. The number of hydrogen-bond donors (Lipinski definition) is 1. The van der Waals surface area contributed by atoms with Gasteiger partial charge in [-0.3, -0.25) is 25.7 Å². The molecule has 3 aromatic rings. The van der Waals surface area contributed by atoms with Crippen LogP contribution in [0.4, 0.5) is 17.1 Å². The number of benzene rings is 2. The van der Waals surface area contributed by atoms with Crippen molar-refractivity contribution in [1.82, 2.24) is 0 Å². The summed E-state index contributed by atoms with van der Waals surface area (Å²) in [7, 11) is 0. The molecule has 142 valence electrons. The monoisotopic (exact) mass is 400 g/mol. The van der Waals surface area contributed by atoms with E-state index in [1.54, 1.807) is 24.3 Å². The second kappa shape index (κ2) is 7.89. The van der Waals surface area contributed by atoms with Crippen molar-refractivity contribution in [3.63, 3.8) is 0 Å². The van der Waals surface area contributed by atoms with Gasteiger partial charge in [0.05, 0.1) is 22.1 Å². The lowest BCUT2D eigenvalue weighted by molar-refractivity contribution is -0.393. The highest BCUT2D eigenvalue weighted by atomic mass is 35.5. The molecular weight excluding hydrogens is 388 g/mol. The zero-order chi connectivity index (χ0) is 20.3. The smallest absolute Gasteiger partial charge is 0.301 e. The number of hydrazone groups is 1. The second-order valence-corrected chi connectivity index (χ2v) is 6.18. The van der Waals surface area contributed by atoms with Gasteiger partial charge in [-0.1, -0.05) is 17.7 Å². The van der Waals surface area contributed by atoms with Crippen LogP contribution in [0.3, 0.4) is 0 Å². The summed E-state index contributed by atoms with van der Waals surface area (Å²) >= 11 is 6.02.